The van der Waals surface area contributed by atoms with Gasteiger partial charge in [-0.2, -0.15) is 4.31 Å². The maximum atomic E-state index is 12.6. The van der Waals surface area contributed by atoms with E-state index < -0.39 is 20.0 Å². The third-order valence-electron chi connectivity index (χ3n) is 6.25. The van der Waals surface area contributed by atoms with Crippen LogP contribution in [0.5, 0.6) is 0 Å². The summed E-state index contributed by atoms with van der Waals surface area (Å²) in [6, 6.07) is 6.07. The number of hydrogen-bond acceptors (Lipinski definition) is 5. The second kappa shape index (κ2) is 8.57. The number of sulfonamides is 2. The van der Waals surface area contributed by atoms with Crippen molar-refractivity contribution in [1.29, 1.82) is 0 Å². The van der Waals surface area contributed by atoms with Crippen LogP contribution in [0.2, 0.25) is 0 Å². The summed E-state index contributed by atoms with van der Waals surface area (Å²) in [5, 5.41) is 2.73. The maximum Gasteiger partial charge on any atom is 0.251 e. The van der Waals surface area contributed by atoms with Crippen molar-refractivity contribution >= 4 is 26.0 Å². The predicted octanol–water partition coefficient (Wildman–Crippen LogP) is 1.41. The van der Waals surface area contributed by atoms with Gasteiger partial charge in [-0.25, -0.2) is 21.1 Å². The van der Waals surface area contributed by atoms with Gasteiger partial charge in [-0.05, 0) is 68.7 Å². The summed E-state index contributed by atoms with van der Waals surface area (Å²) in [6.45, 7) is 2.62. The van der Waals surface area contributed by atoms with Gasteiger partial charge in [0.1, 0.15) is 0 Å². The van der Waals surface area contributed by atoms with Crippen molar-refractivity contribution in [3.8, 4) is 0 Å². The molecule has 1 N–H and O–H groups in total. The minimum Gasteiger partial charge on any atom is -0.352 e. The van der Waals surface area contributed by atoms with Crippen LogP contribution >= 0.6 is 0 Å². The van der Waals surface area contributed by atoms with Crippen LogP contribution in [0.25, 0.3) is 0 Å². The minimum atomic E-state index is -3.48. The van der Waals surface area contributed by atoms with Gasteiger partial charge in [-0.1, -0.05) is 0 Å². The topological polar surface area (TPSA) is 104 Å². The summed E-state index contributed by atoms with van der Waals surface area (Å²) >= 11 is 0. The number of nitrogens with zero attached hydrogens (tertiary/aromatic N) is 2. The molecule has 0 radical (unpaired) electrons. The molecule has 0 aromatic heterocycles. The monoisotopic (exact) mass is 455 g/mol. The molecule has 3 fully saturated rings. The van der Waals surface area contributed by atoms with E-state index in [0.29, 0.717) is 38.3 Å². The lowest BCUT2D eigenvalue weighted by molar-refractivity contribution is 0.0941. The van der Waals surface area contributed by atoms with E-state index >= 15 is 0 Å². The van der Waals surface area contributed by atoms with E-state index in [0.717, 1.165) is 38.5 Å². The highest BCUT2D eigenvalue weighted by Gasteiger charge is 2.41. The lowest BCUT2D eigenvalue weighted by Gasteiger charge is -2.31. The highest BCUT2D eigenvalue weighted by molar-refractivity contribution is 7.90. The van der Waals surface area contributed by atoms with Gasteiger partial charge < -0.3 is 5.32 Å². The summed E-state index contributed by atoms with van der Waals surface area (Å²) in [5.74, 6) is 0.00238. The number of carbonyl (C=O) groups is 1. The molecule has 1 amide bonds. The van der Waals surface area contributed by atoms with Crippen molar-refractivity contribution < 1.29 is 21.6 Å². The Balaban J connectivity index is 1.27. The molecule has 166 valence electrons. The fourth-order valence-electron chi connectivity index (χ4n) is 4.14. The summed E-state index contributed by atoms with van der Waals surface area (Å²) < 4.78 is 52.8. The molecule has 2 saturated heterocycles. The van der Waals surface area contributed by atoms with Gasteiger partial charge in [0.05, 0.1) is 10.1 Å². The van der Waals surface area contributed by atoms with Crippen LogP contribution in [0, 0.1) is 5.92 Å². The van der Waals surface area contributed by atoms with Gasteiger partial charge in [0.25, 0.3) is 5.91 Å². The third kappa shape index (κ3) is 4.56. The molecule has 30 heavy (non-hydrogen) atoms. The van der Waals surface area contributed by atoms with Gasteiger partial charge in [0, 0.05) is 38.3 Å². The summed E-state index contributed by atoms with van der Waals surface area (Å²) in [4.78, 5) is 12.7. The predicted molar refractivity (Wildman–Crippen MR) is 113 cm³/mol. The Morgan fingerprint density at radius 2 is 1.47 bits per heavy atom. The first-order valence-electron chi connectivity index (χ1n) is 10.7. The lowest BCUT2D eigenvalue weighted by atomic mass is 9.98. The maximum absolute atomic E-state index is 12.6. The Morgan fingerprint density at radius 1 is 0.867 bits per heavy atom. The fraction of sp³-hybridized carbons (Fsp3) is 0.650. The Morgan fingerprint density at radius 3 is 2.03 bits per heavy atom. The van der Waals surface area contributed by atoms with Crippen LogP contribution in [0.4, 0.5) is 0 Å². The second-order valence-electron chi connectivity index (χ2n) is 8.43. The fourth-order valence-corrected chi connectivity index (χ4v) is 7.53. The van der Waals surface area contributed by atoms with Crippen molar-refractivity contribution in [1.82, 2.24) is 13.9 Å². The normalized spacial score (nSPS) is 22.3. The average Bonchev–Trinajstić information content (AvgIpc) is 3.47. The van der Waals surface area contributed by atoms with Crippen LogP contribution in [0.15, 0.2) is 29.2 Å². The largest absolute Gasteiger partial charge is 0.352 e. The molecular weight excluding hydrogens is 426 g/mol. The molecule has 1 aliphatic carbocycles. The molecule has 1 saturated carbocycles. The van der Waals surface area contributed by atoms with E-state index in [1.165, 1.54) is 16.4 Å². The van der Waals surface area contributed by atoms with Gasteiger partial charge in [0.2, 0.25) is 20.0 Å². The Hall–Kier alpha value is -1.49. The first kappa shape index (κ1) is 21.7. The number of benzene rings is 1. The molecule has 1 aromatic rings. The van der Waals surface area contributed by atoms with Gasteiger partial charge in [-0.3, -0.25) is 4.79 Å². The Bertz CT molecular complexity index is 974. The van der Waals surface area contributed by atoms with Crippen LogP contribution in [0.3, 0.4) is 0 Å². The van der Waals surface area contributed by atoms with Crippen LogP contribution in [0.1, 0.15) is 48.9 Å². The molecular formula is C20H29N3O5S2. The smallest absolute Gasteiger partial charge is 0.251 e. The SMILES string of the molecule is O=C(NCC1CCN(S(=O)(=O)C2CC2)CC1)c1ccc(S(=O)(=O)N2CCCC2)cc1. The second-order valence-corrected chi connectivity index (χ2v) is 12.6. The number of carbonyl (C=O) groups excluding carboxylic acids is 1. The molecule has 0 unspecified atom stereocenters. The zero-order valence-corrected chi connectivity index (χ0v) is 18.6. The van der Waals surface area contributed by atoms with Crippen molar-refractivity contribution in [3.63, 3.8) is 0 Å². The quantitative estimate of drug-likeness (QED) is 0.669. The number of amides is 1. The van der Waals surface area contributed by atoms with E-state index in [9.17, 15) is 21.6 Å². The van der Waals surface area contributed by atoms with Crippen molar-refractivity contribution in [2.75, 3.05) is 32.7 Å². The van der Waals surface area contributed by atoms with Gasteiger partial charge >= 0.3 is 0 Å². The standard InChI is InChI=1S/C20H29N3O5S2/c24-20(17-3-5-18(6-4-17)29(25,26)22-11-1-2-12-22)21-15-16-9-13-23(14-10-16)30(27,28)19-7-8-19/h3-6,16,19H,1-2,7-15H2,(H,21,24). The van der Waals surface area contributed by atoms with E-state index in [2.05, 4.69) is 5.32 Å². The molecule has 0 spiro atoms. The first-order chi connectivity index (χ1) is 14.3. The molecule has 2 aliphatic heterocycles. The first-order valence-corrected chi connectivity index (χ1v) is 13.6. The number of hydrogen-bond donors (Lipinski definition) is 1. The van der Waals surface area contributed by atoms with E-state index in [1.54, 1.807) is 16.4 Å². The summed E-state index contributed by atoms with van der Waals surface area (Å²) in [7, 11) is -6.60. The molecule has 1 aromatic carbocycles. The molecule has 4 rings (SSSR count). The number of nitrogens with one attached hydrogen (secondary N) is 1. The number of piperidine rings is 1. The van der Waals surface area contributed by atoms with E-state index in [-0.39, 0.29) is 22.0 Å². The van der Waals surface area contributed by atoms with Crippen LogP contribution in [-0.2, 0) is 20.0 Å². The Kier molecular flexibility index (Phi) is 6.20. The van der Waals surface area contributed by atoms with Gasteiger partial charge in [0.15, 0.2) is 0 Å². The lowest BCUT2D eigenvalue weighted by Crippen LogP contribution is -2.42. The molecule has 8 nitrogen and oxygen atoms in total. The van der Waals surface area contributed by atoms with Crippen molar-refractivity contribution in [3.05, 3.63) is 29.8 Å². The van der Waals surface area contributed by atoms with Crippen molar-refractivity contribution in [2.24, 2.45) is 5.92 Å². The van der Waals surface area contributed by atoms with Crippen molar-refractivity contribution in [2.45, 2.75) is 48.7 Å². The summed E-state index contributed by atoms with van der Waals surface area (Å²) in [6.07, 6.45) is 4.78. The zero-order chi connectivity index (χ0) is 21.4. The average molecular weight is 456 g/mol. The van der Waals surface area contributed by atoms with Crippen LogP contribution in [-0.4, -0.2) is 69.3 Å². The highest BCUT2D eigenvalue weighted by atomic mass is 32.2. The number of rotatable bonds is 7. The molecule has 2 heterocycles. The molecule has 3 aliphatic rings. The van der Waals surface area contributed by atoms with Crippen LogP contribution < -0.4 is 5.32 Å². The minimum absolute atomic E-state index is 0.175. The van der Waals surface area contributed by atoms with E-state index in [1.807, 2.05) is 0 Å². The zero-order valence-electron chi connectivity index (χ0n) is 17.0. The Labute approximate surface area is 178 Å². The van der Waals surface area contributed by atoms with E-state index in [4.69, 9.17) is 0 Å². The molecule has 0 atom stereocenters. The summed E-state index contributed by atoms with van der Waals surface area (Å²) in [5.41, 5.74) is 0.420. The molecule has 0 bridgehead atoms. The highest BCUT2D eigenvalue weighted by Crippen LogP contribution is 2.33. The van der Waals surface area contributed by atoms with Gasteiger partial charge in [-0.15, -0.1) is 0 Å². The molecule has 10 heteroatoms. The third-order valence-corrected chi connectivity index (χ3v) is 10.6.